The molecule has 0 aliphatic carbocycles. The largest absolute Gasteiger partial charge is 0.507 e. The summed E-state index contributed by atoms with van der Waals surface area (Å²) in [7, 11) is 0. The smallest absolute Gasteiger partial charge is 0.259 e. The van der Waals surface area contributed by atoms with Crippen molar-refractivity contribution in [2.75, 3.05) is 11.9 Å². The lowest BCUT2D eigenvalue weighted by Crippen LogP contribution is -2.25. The number of hydrazone groups is 1. The van der Waals surface area contributed by atoms with Crippen molar-refractivity contribution in [2.45, 2.75) is 0 Å². The number of fused-ring (bicyclic) bond motifs is 1. The predicted octanol–water partition coefficient (Wildman–Crippen LogP) is 3.71. The summed E-state index contributed by atoms with van der Waals surface area (Å²) in [5, 5.41) is 18.9. The first kappa shape index (κ1) is 17.2. The number of rotatable bonds is 5. The highest BCUT2D eigenvalue weighted by Gasteiger charge is 2.02. The fourth-order valence-electron chi connectivity index (χ4n) is 2.32. The number of carbonyl (C=O) groups excluding carboxylic acids is 1. The Hall–Kier alpha value is -2.61. The van der Waals surface area contributed by atoms with Crippen LogP contribution in [0.25, 0.3) is 10.8 Å². The number of anilines is 1. The van der Waals surface area contributed by atoms with Gasteiger partial charge >= 0.3 is 0 Å². The molecule has 6 heteroatoms. The summed E-state index contributed by atoms with van der Waals surface area (Å²) in [4.78, 5) is 11.9. The molecule has 0 fully saturated rings. The van der Waals surface area contributed by atoms with E-state index < -0.39 is 0 Å². The quantitative estimate of drug-likeness (QED) is 0.319. The predicted molar refractivity (Wildman–Crippen MR) is 109 cm³/mol. The van der Waals surface area contributed by atoms with Crippen LogP contribution in [-0.4, -0.2) is 23.8 Å². The lowest BCUT2D eigenvalue weighted by molar-refractivity contribution is -0.119. The minimum atomic E-state index is -0.269. The summed E-state index contributed by atoms with van der Waals surface area (Å²) >= 11 is 2.14. The fraction of sp³-hybridized carbons (Fsp3) is 0.0526. The molecule has 1 amide bonds. The van der Waals surface area contributed by atoms with Crippen molar-refractivity contribution in [2.24, 2.45) is 5.10 Å². The third-order valence-corrected chi connectivity index (χ3v) is 4.26. The zero-order chi connectivity index (χ0) is 17.6. The van der Waals surface area contributed by atoms with Crippen LogP contribution in [0.2, 0.25) is 0 Å². The molecule has 0 saturated carbocycles. The molecule has 3 rings (SSSR count). The minimum Gasteiger partial charge on any atom is -0.507 e. The van der Waals surface area contributed by atoms with E-state index in [1.54, 1.807) is 18.2 Å². The first-order chi connectivity index (χ1) is 12.1. The van der Waals surface area contributed by atoms with E-state index in [2.05, 4.69) is 38.4 Å². The van der Waals surface area contributed by atoms with E-state index in [4.69, 9.17) is 0 Å². The van der Waals surface area contributed by atoms with Gasteiger partial charge in [-0.2, -0.15) is 5.10 Å². The Kier molecular flexibility index (Phi) is 5.49. The maximum atomic E-state index is 11.9. The summed E-state index contributed by atoms with van der Waals surface area (Å²) in [6, 6.07) is 19.1. The van der Waals surface area contributed by atoms with Crippen LogP contribution in [0.1, 0.15) is 5.56 Å². The minimum absolute atomic E-state index is 0.105. The van der Waals surface area contributed by atoms with Gasteiger partial charge in [0.2, 0.25) is 0 Å². The second kappa shape index (κ2) is 7.98. The number of hydrogen-bond donors (Lipinski definition) is 3. The molecule has 0 bridgehead atoms. The van der Waals surface area contributed by atoms with Crippen molar-refractivity contribution >= 4 is 51.2 Å². The molecule has 3 N–H and O–H groups in total. The Morgan fingerprint density at radius 3 is 2.72 bits per heavy atom. The van der Waals surface area contributed by atoms with Gasteiger partial charge < -0.3 is 10.4 Å². The fourth-order valence-corrected chi connectivity index (χ4v) is 2.84. The number of nitrogens with zero attached hydrogens (tertiary/aromatic N) is 1. The van der Waals surface area contributed by atoms with Crippen LogP contribution < -0.4 is 10.7 Å². The molecule has 25 heavy (non-hydrogen) atoms. The molecule has 0 aliphatic rings. The van der Waals surface area contributed by atoms with Crippen LogP contribution in [0, 0.1) is 3.57 Å². The average molecular weight is 445 g/mol. The van der Waals surface area contributed by atoms with Crippen LogP contribution >= 0.6 is 22.6 Å². The average Bonchev–Trinajstić information content (AvgIpc) is 2.62. The normalized spacial score (nSPS) is 10.9. The molecule has 3 aromatic carbocycles. The first-order valence-electron chi connectivity index (χ1n) is 7.65. The summed E-state index contributed by atoms with van der Waals surface area (Å²) in [6.07, 6.45) is 1.42. The van der Waals surface area contributed by atoms with E-state index in [9.17, 15) is 9.90 Å². The summed E-state index contributed by atoms with van der Waals surface area (Å²) in [6.45, 7) is 0.105. The van der Waals surface area contributed by atoms with Crippen molar-refractivity contribution in [1.29, 1.82) is 0 Å². The molecule has 0 heterocycles. The van der Waals surface area contributed by atoms with Crippen molar-refractivity contribution in [1.82, 2.24) is 5.43 Å². The van der Waals surface area contributed by atoms with E-state index in [-0.39, 0.29) is 18.2 Å². The monoisotopic (exact) mass is 445 g/mol. The molecule has 0 unspecified atom stereocenters. The van der Waals surface area contributed by atoms with Gasteiger partial charge in [0.05, 0.1) is 12.8 Å². The molecular weight excluding hydrogens is 429 g/mol. The number of carbonyl (C=O) groups is 1. The molecule has 0 aliphatic heterocycles. The lowest BCUT2D eigenvalue weighted by Gasteiger charge is -2.06. The third-order valence-electron chi connectivity index (χ3n) is 3.58. The zero-order valence-electron chi connectivity index (χ0n) is 13.2. The van der Waals surface area contributed by atoms with Crippen molar-refractivity contribution in [3.8, 4) is 5.75 Å². The highest BCUT2D eigenvalue weighted by molar-refractivity contribution is 14.1. The SMILES string of the molecule is O=C(CNc1ccc2ccccc2c1)N/N=C/c1cc(I)ccc1O. The number of nitrogens with one attached hydrogen (secondary N) is 2. The van der Waals surface area contributed by atoms with E-state index in [1.807, 2.05) is 42.5 Å². The van der Waals surface area contributed by atoms with Gasteiger partial charge in [0.15, 0.2) is 0 Å². The molecule has 126 valence electrons. The Morgan fingerprint density at radius 2 is 1.88 bits per heavy atom. The van der Waals surface area contributed by atoms with Crippen LogP contribution in [0.15, 0.2) is 65.8 Å². The van der Waals surface area contributed by atoms with Gasteiger partial charge in [-0.1, -0.05) is 30.3 Å². The molecule has 0 aromatic heterocycles. The van der Waals surface area contributed by atoms with Crippen LogP contribution in [0.3, 0.4) is 0 Å². The molecule has 5 nitrogen and oxygen atoms in total. The highest BCUT2D eigenvalue weighted by atomic mass is 127. The maximum Gasteiger partial charge on any atom is 0.259 e. The van der Waals surface area contributed by atoms with Gasteiger partial charge in [-0.15, -0.1) is 0 Å². The van der Waals surface area contributed by atoms with Crippen molar-refractivity contribution in [3.05, 3.63) is 69.8 Å². The number of amides is 1. The van der Waals surface area contributed by atoms with Gasteiger partial charge in [0.25, 0.3) is 5.91 Å². The van der Waals surface area contributed by atoms with Crippen LogP contribution in [-0.2, 0) is 4.79 Å². The maximum absolute atomic E-state index is 11.9. The van der Waals surface area contributed by atoms with E-state index in [0.29, 0.717) is 5.56 Å². The number of halogens is 1. The topological polar surface area (TPSA) is 73.7 Å². The Bertz CT molecular complexity index is 941. The molecular formula is C19H16IN3O2. The molecule has 3 aromatic rings. The van der Waals surface area contributed by atoms with Crippen LogP contribution in [0.4, 0.5) is 5.69 Å². The van der Waals surface area contributed by atoms with Gasteiger partial charge in [-0.3, -0.25) is 4.79 Å². The highest BCUT2D eigenvalue weighted by Crippen LogP contribution is 2.19. The zero-order valence-corrected chi connectivity index (χ0v) is 15.4. The third kappa shape index (κ3) is 4.69. The molecule has 0 atom stereocenters. The molecule has 0 spiro atoms. The number of phenols is 1. The number of benzene rings is 3. The van der Waals surface area contributed by atoms with Gasteiger partial charge in [0, 0.05) is 14.8 Å². The number of aromatic hydroxyl groups is 1. The summed E-state index contributed by atoms with van der Waals surface area (Å²) in [5.41, 5.74) is 3.86. The van der Waals surface area contributed by atoms with Crippen molar-refractivity contribution in [3.63, 3.8) is 0 Å². The van der Waals surface area contributed by atoms with E-state index in [1.165, 1.54) is 6.21 Å². The summed E-state index contributed by atoms with van der Waals surface area (Å²) < 4.78 is 0.973. The second-order valence-electron chi connectivity index (χ2n) is 5.41. The molecule has 0 radical (unpaired) electrons. The van der Waals surface area contributed by atoms with Gasteiger partial charge in [-0.25, -0.2) is 5.43 Å². The summed E-state index contributed by atoms with van der Waals surface area (Å²) in [5.74, 6) is -0.151. The van der Waals surface area contributed by atoms with E-state index in [0.717, 1.165) is 20.0 Å². The second-order valence-corrected chi connectivity index (χ2v) is 6.66. The van der Waals surface area contributed by atoms with Gasteiger partial charge in [0.1, 0.15) is 5.75 Å². The first-order valence-corrected chi connectivity index (χ1v) is 8.73. The molecule has 0 saturated heterocycles. The van der Waals surface area contributed by atoms with Crippen LogP contribution in [0.5, 0.6) is 5.75 Å². The standard InChI is InChI=1S/C19H16IN3O2/c20-16-6-8-18(24)15(9-16)11-22-23-19(25)12-21-17-7-5-13-3-1-2-4-14(13)10-17/h1-11,21,24H,12H2,(H,23,25)/b22-11+. The number of hydrogen-bond acceptors (Lipinski definition) is 4. The Balaban J connectivity index is 1.55. The lowest BCUT2D eigenvalue weighted by atomic mass is 10.1. The Labute approximate surface area is 158 Å². The van der Waals surface area contributed by atoms with Gasteiger partial charge in [-0.05, 0) is 63.7 Å². The Morgan fingerprint density at radius 1 is 1.08 bits per heavy atom. The number of phenolic OH excluding ortho intramolecular Hbond substituents is 1. The van der Waals surface area contributed by atoms with E-state index >= 15 is 0 Å². The van der Waals surface area contributed by atoms with Crippen molar-refractivity contribution < 1.29 is 9.90 Å².